The highest BCUT2D eigenvalue weighted by Gasteiger charge is 2.71. The second-order valence-corrected chi connectivity index (χ2v) is 24.7. The third-order valence-electron chi connectivity index (χ3n) is 20.5. The van der Waals surface area contributed by atoms with Gasteiger partial charge < -0.3 is 109 Å². The summed E-state index contributed by atoms with van der Waals surface area (Å²) in [6.07, 6.45) is -25.5. The van der Waals surface area contributed by atoms with Crippen molar-refractivity contribution in [1.29, 1.82) is 0 Å². The lowest BCUT2D eigenvalue weighted by Crippen LogP contribution is -2.68. The Morgan fingerprint density at radius 3 is 1.93 bits per heavy atom. The molecule has 13 N–H and O–H groups in total. The minimum Gasteiger partial charge on any atom is -0.458 e. The number of aliphatic hydroxyl groups is 12. The number of fused-ring (bicyclic) bond motifs is 7. The number of hydrogen-bond donors (Lipinski definition) is 13. The summed E-state index contributed by atoms with van der Waals surface area (Å²) in [5.41, 5.74) is -0.582. The van der Waals surface area contributed by atoms with Crippen molar-refractivity contribution < 1.29 is 113 Å². The van der Waals surface area contributed by atoms with Gasteiger partial charge in [0.2, 0.25) is 0 Å². The topological polar surface area (TPSA) is 364 Å². The van der Waals surface area contributed by atoms with Gasteiger partial charge >= 0.3 is 5.97 Å². The van der Waals surface area contributed by atoms with Crippen molar-refractivity contribution in [3.63, 3.8) is 0 Å². The number of piperidine rings is 1. The van der Waals surface area contributed by atoms with Crippen molar-refractivity contribution in [2.75, 3.05) is 33.0 Å². The van der Waals surface area contributed by atoms with Crippen LogP contribution in [0.15, 0.2) is 0 Å². The maximum atomic E-state index is 12.3. The van der Waals surface area contributed by atoms with E-state index in [0.29, 0.717) is 48.3 Å². The van der Waals surface area contributed by atoms with Crippen LogP contribution in [0.5, 0.6) is 0 Å². The fourth-order valence-corrected chi connectivity index (χ4v) is 16.5. The van der Waals surface area contributed by atoms with Crippen LogP contribution < -0.4 is 5.32 Å². The Hall–Kier alpha value is -1.41. The van der Waals surface area contributed by atoms with Crippen molar-refractivity contribution >= 4 is 5.97 Å². The summed E-state index contributed by atoms with van der Waals surface area (Å²) in [6.45, 7) is 8.66. The SMILES string of the molecule is CC(=O)O[C@@H]1C[C@H](C)CN[C@]12O[C@H]1C[C@H]3[C@@H]4CC[C@H]5C[C@@H](O[C@@H]6O[C@H](CO)[C@H](O[C@@H]7O[C@H](CO)[C@@H](O)[C@H](O[C@@H]8OC[C@@H](O)[C@H](O)[C@H]8O)[C@H]7O[C@@H]7O[C@H](CO)[C@@H](O)[C@H](O)[C@H]7O)[C@@H](O)[C@H]6O)CC[C@]5(C)[C@H]4CC[C@]3(C)[C@H]1[C@@H]2C. The van der Waals surface area contributed by atoms with Crippen molar-refractivity contribution in [2.24, 2.45) is 52.3 Å². The summed E-state index contributed by atoms with van der Waals surface area (Å²) >= 11 is 0. The zero-order valence-electron chi connectivity index (χ0n) is 44.0. The van der Waals surface area contributed by atoms with E-state index in [1.807, 2.05) is 0 Å². The van der Waals surface area contributed by atoms with Crippen LogP contribution in [0.4, 0.5) is 0 Å². The number of esters is 1. The Bertz CT molecular complexity index is 1990. The van der Waals surface area contributed by atoms with Crippen LogP contribution in [0.2, 0.25) is 0 Å². The van der Waals surface area contributed by atoms with Crippen LogP contribution >= 0.6 is 0 Å². The van der Waals surface area contributed by atoms with Crippen molar-refractivity contribution in [1.82, 2.24) is 5.32 Å². The van der Waals surface area contributed by atoms with Crippen molar-refractivity contribution in [3.05, 3.63) is 0 Å². The zero-order chi connectivity index (χ0) is 54.5. The lowest BCUT2D eigenvalue weighted by molar-refractivity contribution is -0.404. The maximum Gasteiger partial charge on any atom is 0.303 e. The Morgan fingerprint density at radius 2 is 1.22 bits per heavy atom. The summed E-state index contributed by atoms with van der Waals surface area (Å²) in [5.74, 6) is 2.40. The summed E-state index contributed by atoms with van der Waals surface area (Å²) < 4.78 is 61.0. The summed E-state index contributed by atoms with van der Waals surface area (Å²) in [5, 5.41) is 133. The number of rotatable bonds is 12. The van der Waals surface area contributed by atoms with Gasteiger partial charge in [0.1, 0.15) is 97.7 Å². The van der Waals surface area contributed by atoms with Gasteiger partial charge in [-0.25, -0.2) is 0 Å². The molecule has 0 radical (unpaired) electrons. The van der Waals surface area contributed by atoms with Gasteiger partial charge in [-0.15, -0.1) is 0 Å². The fraction of sp³-hybridized carbons (Fsp3) is 0.981. The third kappa shape index (κ3) is 9.93. The van der Waals surface area contributed by atoms with Gasteiger partial charge in [-0.2, -0.15) is 0 Å². The highest BCUT2D eigenvalue weighted by atomic mass is 16.8. The molecule has 4 aliphatic carbocycles. The van der Waals surface area contributed by atoms with Gasteiger partial charge in [-0.3, -0.25) is 10.1 Å². The molecule has 6 saturated heterocycles. The Labute approximate surface area is 442 Å². The quantitative estimate of drug-likeness (QED) is 0.0678. The largest absolute Gasteiger partial charge is 0.458 e. The molecule has 0 unspecified atom stereocenters. The minimum atomic E-state index is -2.01. The average molecular weight is 1090 g/mol. The van der Waals surface area contributed by atoms with E-state index in [9.17, 15) is 66.1 Å². The number of aliphatic hydroxyl groups excluding tert-OH is 12. The molecule has 0 bridgehead atoms. The standard InChI is InChI=1S/C52H85NO23/c1-20-12-33(68-22(3)57)52(53-15-20)21(2)34-29(76-52)14-27-25-7-6-23-13-24(8-10-50(23,4)26(25)9-11-51(27,34)5)69-47-42(66)39(63)43(32(18-56)72-47)73-49-45(75-48-41(65)38(62)36(60)30(16-54)70-48)44(37(61)31(17-55)71-49)74-46-40(64)35(59)28(58)19-67-46/h20-21,23-49,53-56,58-66H,6-19H2,1-5H3/t20-,21-,23-,24-,25+,26-,27-,28+,29-,30+,31+,32+,33+,34-,35-,36+,37+,38-,39-,40+,41+,42+,43-,44-,45+,46-,47+,48-,49-,50-,51-,52+/m0/s1. The number of carbonyl (C=O) groups excluding carboxylic acids is 1. The Morgan fingerprint density at radius 1 is 0.605 bits per heavy atom. The number of hydrogen-bond acceptors (Lipinski definition) is 24. The molecular weight excluding hydrogens is 1010 g/mol. The molecular formula is C52H85NO23. The van der Waals surface area contributed by atoms with E-state index in [-0.39, 0.29) is 41.0 Å². The molecule has 24 heteroatoms. The van der Waals surface area contributed by atoms with Gasteiger partial charge in [0.15, 0.2) is 30.9 Å². The predicted octanol–water partition coefficient (Wildman–Crippen LogP) is -3.16. The Balaban J connectivity index is 0.809. The molecule has 24 nitrogen and oxygen atoms in total. The first-order valence-electron chi connectivity index (χ1n) is 27.8. The maximum absolute atomic E-state index is 12.3. The van der Waals surface area contributed by atoms with Crippen LogP contribution in [0.3, 0.4) is 0 Å². The Kier molecular flexibility index (Phi) is 17.0. The van der Waals surface area contributed by atoms with Crippen LogP contribution in [0, 0.1) is 52.3 Å². The molecule has 32 atom stereocenters. The predicted molar refractivity (Wildman–Crippen MR) is 255 cm³/mol. The lowest BCUT2D eigenvalue weighted by atomic mass is 9.44. The van der Waals surface area contributed by atoms with Gasteiger partial charge in [-0.05, 0) is 104 Å². The van der Waals surface area contributed by atoms with E-state index < -0.39 is 149 Å². The molecule has 0 aromatic carbocycles. The molecule has 0 aromatic rings. The molecule has 4 saturated carbocycles. The molecule has 436 valence electrons. The summed E-state index contributed by atoms with van der Waals surface area (Å²) in [4.78, 5) is 12.3. The molecule has 0 aromatic heterocycles. The minimum absolute atomic E-state index is 0.0349. The van der Waals surface area contributed by atoms with Gasteiger partial charge in [0.05, 0.1) is 38.6 Å². The molecule has 6 heterocycles. The molecule has 10 aliphatic rings. The molecule has 10 rings (SSSR count). The first-order chi connectivity index (χ1) is 36.1. The normalized spacial score (nSPS) is 56.3. The van der Waals surface area contributed by atoms with Crippen LogP contribution in [0.25, 0.3) is 0 Å². The smallest absolute Gasteiger partial charge is 0.303 e. The molecule has 10 fully saturated rings. The summed E-state index contributed by atoms with van der Waals surface area (Å²) in [6, 6.07) is 0. The third-order valence-corrected chi connectivity index (χ3v) is 20.5. The van der Waals surface area contributed by atoms with Crippen LogP contribution in [-0.4, -0.2) is 241 Å². The number of nitrogens with one attached hydrogen (secondary N) is 1. The first-order valence-corrected chi connectivity index (χ1v) is 27.8. The van der Waals surface area contributed by atoms with Crippen molar-refractivity contribution in [3.8, 4) is 0 Å². The molecule has 6 aliphatic heterocycles. The van der Waals surface area contributed by atoms with Crippen molar-refractivity contribution in [2.45, 2.75) is 233 Å². The van der Waals surface area contributed by atoms with E-state index in [2.05, 4.69) is 33.0 Å². The molecule has 0 amide bonds. The van der Waals surface area contributed by atoms with E-state index in [4.69, 9.17) is 47.4 Å². The number of ether oxygens (including phenoxy) is 10. The van der Waals surface area contributed by atoms with Gasteiger partial charge in [-0.1, -0.05) is 27.7 Å². The van der Waals surface area contributed by atoms with E-state index in [1.54, 1.807) is 0 Å². The monoisotopic (exact) mass is 1090 g/mol. The van der Waals surface area contributed by atoms with E-state index in [1.165, 1.54) is 6.92 Å². The average Bonchev–Trinajstić information content (AvgIpc) is 4.05. The first kappa shape index (κ1) is 57.8. The molecule has 76 heavy (non-hydrogen) atoms. The van der Waals surface area contributed by atoms with E-state index in [0.717, 1.165) is 51.5 Å². The number of carbonyl (C=O) groups is 1. The van der Waals surface area contributed by atoms with Crippen LogP contribution in [-0.2, 0) is 52.2 Å². The second-order valence-electron chi connectivity index (χ2n) is 24.7. The highest BCUT2D eigenvalue weighted by Crippen LogP contribution is 2.71. The van der Waals surface area contributed by atoms with Crippen LogP contribution in [0.1, 0.15) is 92.4 Å². The van der Waals surface area contributed by atoms with E-state index >= 15 is 0 Å². The summed E-state index contributed by atoms with van der Waals surface area (Å²) in [7, 11) is 0. The second kappa shape index (κ2) is 22.4. The molecule has 1 spiro atoms. The zero-order valence-corrected chi connectivity index (χ0v) is 44.0. The lowest BCUT2D eigenvalue weighted by Gasteiger charge is -2.61. The van der Waals surface area contributed by atoms with Gasteiger partial charge in [0, 0.05) is 19.4 Å². The highest BCUT2D eigenvalue weighted by molar-refractivity contribution is 5.66. The van der Waals surface area contributed by atoms with Gasteiger partial charge in [0.25, 0.3) is 0 Å². The fourth-order valence-electron chi connectivity index (χ4n) is 16.5.